The van der Waals surface area contributed by atoms with Gasteiger partial charge in [0.05, 0.1) is 5.92 Å². The van der Waals surface area contributed by atoms with Crippen LogP contribution in [0, 0.1) is 5.92 Å². The topological polar surface area (TPSA) is 68.0 Å². The monoisotopic (exact) mass is 239 g/mol. The first-order chi connectivity index (χ1) is 7.77. The Balaban J connectivity index is 1.97. The Morgan fingerprint density at radius 3 is 3.00 bits per heavy atom. The second-order valence-electron chi connectivity index (χ2n) is 4.23. The molecule has 5 heteroatoms. The van der Waals surface area contributed by atoms with E-state index in [2.05, 4.69) is 10.3 Å². The predicted octanol–water partition coefficient (Wildman–Crippen LogP) is 1.99. The number of nitrogens with zero attached hydrogens (tertiary/aromatic N) is 1. The van der Waals surface area contributed by atoms with E-state index in [-0.39, 0.29) is 17.9 Å². The number of aromatic nitrogens is 1. The van der Waals surface area contributed by atoms with Crippen LogP contribution >= 0.6 is 11.3 Å². The molecule has 1 aliphatic rings. The molecule has 1 fully saturated rings. The third-order valence-electron chi connectivity index (χ3n) is 3.07. The van der Waals surface area contributed by atoms with Crippen molar-refractivity contribution >= 4 is 22.4 Å². The fourth-order valence-electron chi connectivity index (χ4n) is 2.15. The summed E-state index contributed by atoms with van der Waals surface area (Å²) in [6.07, 6.45) is 6.97. The van der Waals surface area contributed by atoms with Crippen molar-refractivity contribution in [3.8, 4) is 0 Å². The van der Waals surface area contributed by atoms with Crippen molar-refractivity contribution in [2.75, 3.05) is 5.32 Å². The van der Waals surface area contributed by atoms with Crippen molar-refractivity contribution in [2.24, 2.45) is 11.7 Å². The molecule has 0 bridgehead atoms. The number of hydrogen-bond acceptors (Lipinski definition) is 4. The summed E-state index contributed by atoms with van der Waals surface area (Å²) in [5.74, 6) is -0.0178. The molecular formula is C11H17N3OS. The lowest BCUT2D eigenvalue weighted by molar-refractivity contribution is -0.120. The van der Waals surface area contributed by atoms with Crippen LogP contribution in [0.2, 0.25) is 0 Å². The van der Waals surface area contributed by atoms with Gasteiger partial charge in [0.25, 0.3) is 0 Å². The number of nitrogens with two attached hydrogens (primary N) is 1. The summed E-state index contributed by atoms with van der Waals surface area (Å²) in [7, 11) is 0. The van der Waals surface area contributed by atoms with Gasteiger partial charge >= 0.3 is 0 Å². The molecule has 0 aromatic carbocycles. The molecule has 0 spiro atoms. The quantitative estimate of drug-likeness (QED) is 0.775. The number of thiazole rings is 1. The zero-order valence-corrected chi connectivity index (χ0v) is 10.0. The van der Waals surface area contributed by atoms with Gasteiger partial charge in [0.1, 0.15) is 0 Å². The van der Waals surface area contributed by atoms with E-state index in [0.717, 1.165) is 25.7 Å². The van der Waals surface area contributed by atoms with Crippen molar-refractivity contribution in [1.82, 2.24) is 4.98 Å². The molecule has 0 aliphatic heterocycles. The maximum Gasteiger partial charge on any atom is 0.230 e. The zero-order chi connectivity index (χ0) is 11.4. The van der Waals surface area contributed by atoms with Gasteiger partial charge in [0.15, 0.2) is 5.13 Å². The van der Waals surface area contributed by atoms with Gasteiger partial charge in [-0.25, -0.2) is 4.98 Å². The van der Waals surface area contributed by atoms with Crippen molar-refractivity contribution < 1.29 is 4.79 Å². The Morgan fingerprint density at radius 2 is 2.25 bits per heavy atom. The summed E-state index contributed by atoms with van der Waals surface area (Å²) < 4.78 is 0. The average Bonchev–Trinajstić information content (AvgIpc) is 2.66. The minimum absolute atomic E-state index is 0.00228. The van der Waals surface area contributed by atoms with Gasteiger partial charge in [0, 0.05) is 17.6 Å². The van der Waals surface area contributed by atoms with Crippen molar-refractivity contribution in [3.05, 3.63) is 11.6 Å². The van der Waals surface area contributed by atoms with Gasteiger partial charge < -0.3 is 11.1 Å². The number of amides is 1. The number of carbonyl (C=O) groups excluding carboxylic acids is 1. The number of anilines is 1. The number of rotatable bonds is 2. The Morgan fingerprint density at radius 1 is 1.44 bits per heavy atom. The van der Waals surface area contributed by atoms with E-state index in [9.17, 15) is 4.79 Å². The van der Waals surface area contributed by atoms with Crippen molar-refractivity contribution in [2.45, 2.75) is 38.1 Å². The van der Waals surface area contributed by atoms with Crippen LogP contribution in [0.3, 0.4) is 0 Å². The van der Waals surface area contributed by atoms with Gasteiger partial charge in [-0.15, -0.1) is 11.3 Å². The van der Waals surface area contributed by atoms with Crippen molar-refractivity contribution in [3.63, 3.8) is 0 Å². The zero-order valence-electron chi connectivity index (χ0n) is 9.19. The highest BCUT2D eigenvalue weighted by Crippen LogP contribution is 2.24. The average molecular weight is 239 g/mol. The van der Waals surface area contributed by atoms with Gasteiger partial charge in [-0.2, -0.15) is 0 Å². The molecule has 88 valence electrons. The molecule has 0 saturated heterocycles. The normalized spacial score (nSPS) is 26.1. The van der Waals surface area contributed by atoms with E-state index in [1.807, 2.05) is 5.38 Å². The van der Waals surface area contributed by atoms with E-state index in [1.54, 1.807) is 6.20 Å². The van der Waals surface area contributed by atoms with Crippen LogP contribution in [0.25, 0.3) is 0 Å². The minimum Gasteiger partial charge on any atom is -0.327 e. The summed E-state index contributed by atoms with van der Waals surface area (Å²) >= 11 is 1.44. The van der Waals surface area contributed by atoms with E-state index in [1.165, 1.54) is 17.8 Å². The van der Waals surface area contributed by atoms with Gasteiger partial charge in [-0.1, -0.05) is 19.3 Å². The number of nitrogens with one attached hydrogen (secondary N) is 1. The molecule has 16 heavy (non-hydrogen) atoms. The summed E-state index contributed by atoms with van der Waals surface area (Å²) in [5, 5.41) is 5.36. The molecule has 3 N–H and O–H groups in total. The second kappa shape index (κ2) is 5.41. The molecular weight excluding hydrogens is 222 g/mol. The van der Waals surface area contributed by atoms with Gasteiger partial charge in [0.2, 0.25) is 5.91 Å². The standard InChI is InChI=1S/C11H17N3OS/c12-9-5-3-1-2-4-8(9)10(15)14-11-13-6-7-16-11/h6-9H,1-5,12H2,(H,13,14,15). The van der Waals surface area contributed by atoms with Crippen molar-refractivity contribution in [1.29, 1.82) is 0 Å². The molecule has 1 heterocycles. The number of carbonyl (C=O) groups is 1. The highest BCUT2D eigenvalue weighted by Gasteiger charge is 2.27. The summed E-state index contributed by atoms with van der Waals surface area (Å²) in [4.78, 5) is 16.0. The molecule has 1 amide bonds. The third kappa shape index (κ3) is 2.80. The summed E-state index contributed by atoms with van der Waals surface area (Å²) in [6.45, 7) is 0. The SMILES string of the molecule is NC1CCCCCC1C(=O)Nc1nccs1. The first-order valence-electron chi connectivity index (χ1n) is 5.73. The fourth-order valence-corrected chi connectivity index (χ4v) is 2.68. The van der Waals surface area contributed by atoms with Crippen LogP contribution in [0.15, 0.2) is 11.6 Å². The number of hydrogen-bond donors (Lipinski definition) is 2. The summed E-state index contributed by atoms with van der Waals surface area (Å²) in [5.41, 5.74) is 6.03. The molecule has 2 rings (SSSR count). The Bertz CT molecular complexity index is 339. The molecule has 0 radical (unpaired) electrons. The van der Waals surface area contributed by atoms with E-state index >= 15 is 0 Å². The predicted molar refractivity (Wildman–Crippen MR) is 65.3 cm³/mol. The van der Waals surface area contributed by atoms with Crippen LogP contribution in [0.4, 0.5) is 5.13 Å². The van der Waals surface area contributed by atoms with Crippen LogP contribution in [0.5, 0.6) is 0 Å². The smallest absolute Gasteiger partial charge is 0.230 e. The molecule has 1 aromatic rings. The van der Waals surface area contributed by atoms with E-state index in [0.29, 0.717) is 5.13 Å². The maximum absolute atomic E-state index is 12.0. The van der Waals surface area contributed by atoms with Crippen LogP contribution in [-0.4, -0.2) is 16.9 Å². The minimum atomic E-state index is -0.0496. The summed E-state index contributed by atoms with van der Waals surface area (Å²) in [6, 6.07) is 0.00228. The lowest BCUT2D eigenvalue weighted by Gasteiger charge is -2.19. The fraction of sp³-hybridized carbons (Fsp3) is 0.636. The first kappa shape index (κ1) is 11.5. The third-order valence-corrected chi connectivity index (χ3v) is 3.76. The molecule has 1 saturated carbocycles. The Hall–Kier alpha value is -0.940. The lowest BCUT2D eigenvalue weighted by Crippen LogP contribution is -2.37. The highest BCUT2D eigenvalue weighted by molar-refractivity contribution is 7.13. The largest absolute Gasteiger partial charge is 0.327 e. The maximum atomic E-state index is 12.0. The molecule has 4 nitrogen and oxygen atoms in total. The van der Waals surface area contributed by atoms with Gasteiger partial charge in [-0.05, 0) is 12.8 Å². The van der Waals surface area contributed by atoms with E-state index in [4.69, 9.17) is 5.73 Å². The molecule has 1 aromatic heterocycles. The van der Waals surface area contributed by atoms with E-state index < -0.39 is 0 Å². The van der Waals surface area contributed by atoms with Crippen LogP contribution in [0.1, 0.15) is 32.1 Å². The molecule has 2 atom stereocenters. The second-order valence-corrected chi connectivity index (χ2v) is 5.13. The Labute approximate surface area is 99.3 Å². The lowest BCUT2D eigenvalue weighted by atomic mass is 9.95. The molecule has 2 unspecified atom stereocenters. The van der Waals surface area contributed by atoms with Crippen LogP contribution in [-0.2, 0) is 4.79 Å². The van der Waals surface area contributed by atoms with Gasteiger partial charge in [-0.3, -0.25) is 4.79 Å². The van der Waals surface area contributed by atoms with Crippen LogP contribution < -0.4 is 11.1 Å². The highest BCUT2D eigenvalue weighted by atomic mass is 32.1. The Kier molecular flexibility index (Phi) is 3.90. The molecule has 1 aliphatic carbocycles. The first-order valence-corrected chi connectivity index (χ1v) is 6.61.